The maximum Gasteiger partial charge on any atom is 0.228 e. The molecule has 3 rings (SSSR count). The Labute approximate surface area is 176 Å². The van der Waals surface area contributed by atoms with Gasteiger partial charge in [-0.2, -0.15) is 0 Å². The quantitative estimate of drug-likeness (QED) is 0.452. The fraction of sp³-hybridized carbons (Fsp3) is 0.263. The van der Waals surface area contributed by atoms with Gasteiger partial charge < -0.3 is 9.64 Å². The zero-order valence-electron chi connectivity index (χ0n) is 14.7. The number of aromatic nitrogens is 1. The van der Waals surface area contributed by atoms with Gasteiger partial charge in [-0.25, -0.2) is 4.98 Å². The van der Waals surface area contributed by atoms with Gasteiger partial charge in [0, 0.05) is 21.8 Å². The van der Waals surface area contributed by atoms with Crippen molar-refractivity contribution in [1.82, 2.24) is 9.88 Å². The van der Waals surface area contributed by atoms with E-state index in [-0.39, 0.29) is 12.3 Å². The lowest BCUT2D eigenvalue weighted by molar-refractivity contribution is -0.130. The summed E-state index contributed by atoms with van der Waals surface area (Å²) in [6.45, 7) is 3.56. The number of halogens is 2. The van der Waals surface area contributed by atoms with Crippen LogP contribution < -0.4 is 4.74 Å². The third kappa shape index (κ3) is 5.94. The largest absolute Gasteiger partial charge is 0.486 e. The van der Waals surface area contributed by atoms with Crippen LogP contribution in [0.15, 0.2) is 41.8 Å². The molecular formula is C19H18Cl2N2O2S2. The van der Waals surface area contributed by atoms with E-state index in [0.717, 1.165) is 25.7 Å². The van der Waals surface area contributed by atoms with Crippen molar-refractivity contribution in [2.45, 2.75) is 26.5 Å². The first-order valence-corrected chi connectivity index (χ1v) is 10.8. The van der Waals surface area contributed by atoms with Crippen molar-refractivity contribution in [1.29, 1.82) is 0 Å². The van der Waals surface area contributed by atoms with E-state index in [4.69, 9.17) is 27.9 Å². The molecule has 27 heavy (non-hydrogen) atoms. The number of ether oxygens (including phenoxy) is 1. The lowest BCUT2D eigenvalue weighted by Gasteiger charge is -2.19. The number of rotatable bonds is 8. The number of hydrogen-bond donors (Lipinski definition) is 0. The van der Waals surface area contributed by atoms with E-state index < -0.39 is 0 Å². The Kier molecular flexibility index (Phi) is 7.13. The van der Waals surface area contributed by atoms with Crippen LogP contribution in [0.4, 0.5) is 0 Å². The average molecular weight is 441 g/mol. The van der Waals surface area contributed by atoms with Gasteiger partial charge in [0.25, 0.3) is 0 Å². The van der Waals surface area contributed by atoms with E-state index in [9.17, 15) is 4.79 Å². The minimum Gasteiger partial charge on any atom is -0.486 e. The molecule has 0 bridgehead atoms. The average Bonchev–Trinajstić information content (AvgIpc) is 3.27. The van der Waals surface area contributed by atoms with E-state index >= 15 is 0 Å². The number of thiophene rings is 1. The Balaban J connectivity index is 1.54. The van der Waals surface area contributed by atoms with Gasteiger partial charge in [-0.15, -0.1) is 22.7 Å². The Morgan fingerprint density at radius 3 is 2.63 bits per heavy atom. The number of likely N-dealkylation sites (N-methyl/N-ethyl adjacent to an activating group) is 1. The molecule has 0 saturated carbocycles. The van der Waals surface area contributed by atoms with Crippen LogP contribution in [0.25, 0.3) is 0 Å². The molecule has 0 aliphatic carbocycles. The highest BCUT2D eigenvalue weighted by molar-refractivity contribution is 7.16. The van der Waals surface area contributed by atoms with Crippen LogP contribution >= 0.6 is 45.9 Å². The van der Waals surface area contributed by atoms with E-state index in [1.54, 1.807) is 12.1 Å². The monoisotopic (exact) mass is 440 g/mol. The van der Waals surface area contributed by atoms with Crippen molar-refractivity contribution >= 4 is 51.8 Å². The van der Waals surface area contributed by atoms with Crippen molar-refractivity contribution in [2.24, 2.45) is 0 Å². The molecule has 4 nitrogen and oxygen atoms in total. The van der Waals surface area contributed by atoms with Crippen molar-refractivity contribution in [3.05, 3.63) is 66.7 Å². The van der Waals surface area contributed by atoms with Crippen LogP contribution in [0.2, 0.25) is 9.36 Å². The molecule has 3 aromatic rings. The molecule has 1 amide bonds. The number of thiazole rings is 1. The fourth-order valence-electron chi connectivity index (χ4n) is 2.44. The standard InChI is InChI=1S/C19H18Cl2N2O2S2/c1-2-23(10-16-7-8-17(21)27-16)19(24)9-14-12-26-18(22-14)11-25-15-5-3-13(20)4-6-15/h3-8,12H,2,9-11H2,1H3. The molecule has 0 atom stereocenters. The fourth-order valence-corrected chi connectivity index (χ4v) is 4.37. The second-order valence-corrected chi connectivity index (χ2v) is 8.94. The number of benzene rings is 1. The first-order chi connectivity index (χ1) is 13.0. The van der Waals surface area contributed by atoms with E-state index in [0.29, 0.717) is 24.7 Å². The smallest absolute Gasteiger partial charge is 0.228 e. The molecule has 142 valence electrons. The molecule has 0 saturated heterocycles. The van der Waals surface area contributed by atoms with Crippen LogP contribution in [0, 0.1) is 0 Å². The maximum absolute atomic E-state index is 12.6. The van der Waals surface area contributed by atoms with Crippen LogP contribution in [-0.4, -0.2) is 22.3 Å². The van der Waals surface area contributed by atoms with Crippen LogP contribution in [0.3, 0.4) is 0 Å². The summed E-state index contributed by atoms with van der Waals surface area (Å²) in [5.74, 6) is 0.788. The van der Waals surface area contributed by atoms with Gasteiger partial charge in [0.15, 0.2) is 0 Å². The third-order valence-electron chi connectivity index (χ3n) is 3.82. The highest BCUT2D eigenvalue weighted by atomic mass is 35.5. The topological polar surface area (TPSA) is 42.4 Å². The van der Waals surface area contributed by atoms with E-state index in [1.807, 2.05) is 41.5 Å². The zero-order valence-corrected chi connectivity index (χ0v) is 17.8. The van der Waals surface area contributed by atoms with Crippen molar-refractivity contribution in [3.63, 3.8) is 0 Å². The first kappa shape index (κ1) is 20.1. The van der Waals surface area contributed by atoms with Crippen LogP contribution in [0.1, 0.15) is 22.5 Å². The van der Waals surface area contributed by atoms with Gasteiger partial charge in [-0.3, -0.25) is 4.79 Å². The second kappa shape index (κ2) is 9.55. The Hall–Kier alpha value is -1.60. The van der Waals surface area contributed by atoms with Crippen molar-refractivity contribution in [3.8, 4) is 5.75 Å². The van der Waals surface area contributed by atoms with Gasteiger partial charge in [0.2, 0.25) is 5.91 Å². The lowest BCUT2D eigenvalue weighted by Crippen LogP contribution is -2.31. The van der Waals surface area contributed by atoms with E-state index in [1.165, 1.54) is 22.7 Å². The second-order valence-electron chi connectivity index (χ2n) is 5.77. The molecule has 0 radical (unpaired) electrons. The summed E-state index contributed by atoms with van der Waals surface area (Å²) in [5, 5.41) is 3.41. The summed E-state index contributed by atoms with van der Waals surface area (Å²) in [5.41, 5.74) is 0.766. The molecule has 8 heteroatoms. The molecule has 0 aliphatic heterocycles. The third-order valence-corrected chi connectivity index (χ3v) is 6.16. The minimum atomic E-state index is 0.0532. The highest BCUT2D eigenvalue weighted by Gasteiger charge is 2.16. The normalized spacial score (nSPS) is 10.8. The Morgan fingerprint density at radius 2 is 1.96 bits per heavy atom. The number of amides is 1. The maximum atomic E-state index is 12.6. The van der Waals surface area contributed by atoms with Crippen molar-refractivity contribution in [2.75, 3.05) is 6.54 Å². The lowest BCUT2D eigenvalue weighted by atomic mass is 10.3. The number of carbonyl (C=O) groups excluding carboxylic acids is 1. The van der Waals surface area contributed by atoms with Gasteiger partial charge in [0.05, 0.1) is 23.0 Å². The first-order valence-electron chi connectivity index (χ1n) is 8.37. The number of carbonyl (C=O) groups is 1. The Bertz CT molecular complexity index is 893. The summed E-state index contributed by atoms with van der Waals surface area (Å²) >= 11 is 14.8. The predicted octanol–water partition coefficient (Wildman–Crippen LogP) is 5.68. The van der Waals surface area contributed by atoms with Crippen LogP contribution in [0.5, 0.6) is 5.75 Å². The van der Waals surface area contributed by atoms with Gasteiger partial charge in [-0.05, 0) is 43.3 Å². The molecule has 0 N–H and O–H groups in total. The molecule has 2 heterocycles. The van der Waals surface area contributed by atoms with Crippen LogP contribution in [-0.2, 0) is 24.4 Å². The molecule has 1 aromatic carbocycles. The van der Waals surface area contributed by atoms with Gasteiger partial charge >= 0.3 is 0 Å². The molecule has 0 aliphatic rings. The summed E-state index contributed by atoms with van der Waals surface area (Å²) in [7, 11) is 0. The van der Waals surface area contributed by atoms with Gasteiger partial charge in [0.1, 0.15) is 17.4 Å². The summed E-state index contributed by atoms with van der Waals surface area (Å²) in [6.07, 6.45) is 0.282. The minimum absolute atomic E-state index is 0.0532. The van der Waals surface area contributed by atoms with E-state index in [2.05, 4.69) is 4.98 Å². The molecule has 2 aromatic heterocycles. The molecule has 0 unspecified atom stereocenters. The highest BCUT2D eigenvalue weighted by Crippen LogP contribution is 2.23. The Morgan fingerprint density at radius 1 is 1.19 bits per heavy atom. The predicted molar refractivity (Wildman–Crippen MR) is 112 cm³/mol. The van der Waals surface area contributed by atoms with Crippen molar-refractivity contribution < 1.29 is 9.53 Å². The number of nitrogens with zero attached hydrogens (tertiary/aromatic N) is 2. The summed E-state index contributed by atoms with van der Waals surface area (Å²) in [6, 6.07) is 11.0. The zero-order chi connectivity index (χ0) is 19.2. The number of hydrogen-bond acceptors (Lipinski definition) is 5. The molecule has 0 spiro atoms. The molecular weight excluding hydrogens is 423 g/mol. The summed E-state index contributed by atoms with van der Waals surface area (Å²) < 4.78 is 6.43. The summed E-state index contributed by atoms with van der Waals surface area (Å²) in [4.78, 5) is 20.0. The SMILES string of the molecule is CCN(Cc1ccc(Cl)s1)C(=O)Cc1csc(COc2ccc(Cl)cc2)n1. The molecule has 0 fully saturated rings. The van der Waals surface area contributed by atoms with Gasteiger partial charge in [-0.1, -0.05) is 23.2 Å².